The molecule has 1 aliphatic rings. The molecule has 0 amide bonds. The van der Waals surface area contributed by atoms with Crippen LogP contribution in [0.25, 0.3) is 0 Å². The molecule has 0 bridgehead atoms. The number of nitrogens with one attached hydrogen (secondary N) is 1. The quantitative estimate of drug-likeness (QED) is 0.232. The van der Waals surface area contributed by atoms with E-state index >= 15 is 0 Å². The number of hydrazine groups is 1. The Bertz CT molecular complexity index is 170. The zero-order valence-corrected chi connectivity index (χ0v) is 4.76. The van der Waals surface area contributed by atoms with Gasteiger partial charge in [-0.2, -0.15) is 4.94 Å². The van der Waals surface area contributed by atoms with Gasteiger partial charge in [-0.05, 0) is 5.16 Å². The fourth-order valence-corrected chi connectivity index (χ4v) is 0.467. The van der Waals surface area contributed by atoms with Gasteiger partial charge in [0, 0.05) is 4.92 Å². The second kappa shape index (κ2) is 2.08. The molecule has 0 aromatic rings. The standard InChI is InChI=1S/C2H4N4O4/c7-5(8)4-6(9)2-1-3-10-6/h1,4H,2H2. The summed E-state index contributed by atoms with van der Waals surface area (Å²) in [6, 6.07) is 0. The third-order valence-electron chi connectivity index (χ3n) is 0.810. The number of hydrogen-bond donors (Lipinski definition) is 1. The van der Waals surface area contributed by atoms with E-state index in [0.29, 0.717) is 0 Å². The minimum Gasteiger partial charge on any atom is -0.557 e. The second-order valence-corrected chi connectivity index (χ2v) is 1.58. The first-order valence-corrected chi connectivity index (χ1v) is 2.34. The molecule has 8 heteroatoms. The summed E-state index contributed by atoms with van der Waals surface area (Å²) >= 11 is 0. The second-order valence-electron chi connectivity index (χ2n) is 1.58. The average Bonchev–Trinajstić information content (AvgIpc) is 2.12. The Hall–Kier alpha value is -1.41. The van der Waals surface area contributed by atoms with Crippen molar-refractivity contribution in [1.29, 1.82) is 0 Å². The van der Waals surface area contributed by atoms with Crippen molar-refractivity contribution < 1.29 is 14.9 Å². The Balaban J connectivity index is 2.46. The largest absolute Gasteiger partial charge is 0.557 e. The maximum atomic E-state index is 10.8. The lowest BCUT2D eigenvalue weighted by atomic mass is 10.7. The van der Waals surface area contributed by atoms with E-state index in [9.17, 15) is 15.3 Å². The van der Waals surface area contributed by atoms with Gasteiger partial charge in [0.1, 0.15) is 6.21 Å². The number of rotatable bonds is 2. The molecule has 0 aliphatic carbocycles. The Morgan fingerprint density at radius 3 is 3.00 bits per heavy atom. The molecular formula is C2H4N4O4. The molecule has 0 spiro atoms. The van der Waals surface area contributed by atoms with Crippen molar-refractivity contribution in [3.63, 3.8) is 0 Å². The minimum atomic E-state index is -1.59. The van der Waals surface area contributed by atoms with Gasteiger partial charge in [0.25, 0.3) is 0 Å². The highest BCUT2D eigenvalue weighted by Gasteiger charge is 2.28. The Kier molecular flexibility index (Phi) is 1.39. The van der Waals surface area contributed by atoms with Crippen molar-refractivity contribution in [3.05, 3.63) is 15.3 Å². The van der Waals surface area contributed by atoms with Crippen molar-refractivity contribution in [2.45, 2.75) is 0 Å². The minimum absolute atomic E-state index is 0.207. The lowest BCUT2D eigenvalue weighted by molar-refractivity contribution is -1.15. The normalized spacial score (nSPS) is 29.7. The molecular weight excluding hydrogens is 144 g/mol. The summed E-state index contributed by atoms with van der Waals surface area (Å²) in [5.41, 5.74) is 1.38. The first-order chi connectivity index (χ1) is 4.62. The van der Waals surface area contributed by atoms with Crippen molar-refractivity contribution in [2.75, 3.05) is 6.54 Å². The van der Waals surface area contributed by atoms with Gasteiger partial charge in [0.05, 0.1) is 5.53 Å². The van der Waals surface area contributed by atoms with E-state index in [1.54, 1.807) is 0 Å². The van der Waals surface area contributed by atoms with Crippen LogP contribution in [0.3, 0.4) is 0 Å². The molecule has 0 saturated carbocycles. The molecule has 1 rings (SSSR count). The van der Waals surface area contributed by atoms with Crippen LogP contribution in [-0.2, 0) is 4.94 Å². The van der Waals surface area contributed by atoms with Crippen LogP contribution < -0.4 is 5.53 Å². The smallest absolute Gasteiger partial charge is 0.209 e. The van der Waals surface area contributed by atoms with Gasteiger partial charge in [0.2, 0.25) is 5.03 Å². The van der Waals surface area contributed by atoms with Gasteiger partial charge >= 0.3 is 0 Å². The molecule has 0 fully saturated rings. The topological polar surface area (TPSA) is 99.8 Å². The molecule has 1 unspecified atom stereocenters. The fraction of sp³-hybridized carbons (Fsp3) is 0.500. The Morgan fingerprint density at radius 2 is 2.60 bits per heavy atom. The van der Waals surface area contributed by atoms with Crippen LogP contribution in [0.5, 0.6) is 0 Å². The van der Waals surface area contributed by atoms with Crippen LogP contribution in [0.2, 0.25) is 0 Å². The molecule has 1 heterocycles. The van der Waals surface area contributed by atoms with Gasteiger partial charge < -0.3 is 5.21 Å². The summed E-state index contributed by atoms with van der Waals surface area (Å²) in [7, 11) is 0. The SMILES string of the molecule is O=[N+]([O-])N[N+]1([O-])CC=NO1. The van der Waals surface area contributed by atoms with Crippen LogP contribution in [0.4, 0.5) is 0 Å². The van der Waals surface area contributed by atoms with Crippen molar-refractivity contribution in [3.8, 4) is 0 Å². The maximum absolute atomic E-state index is 10.8. The van der Waals surface area contributed by atoms with E-state index in [-0.39, 0.29) is 6.54 Å². The van der Waals surface area contributed by atoms with E-state index in [2.05, 4.69) is 10.1 Å². The number of nitrogens with zero attached hydrogens (tertiary/aromatic N) is 3. The molecule has 0 radical (unpaired) electrons. The lowest BCUT2D eigenvalue weighted by Crippen LogP contribution is -2.53. The third kappa shape index (κ3) is 1.30. The van der Waals surface area contributed by atoms with E-state index in [1.165, 1.54) is 5.53 Å². The number of nitro groups is 1. The molecule has 10 heavy (non-hydrogen) atoms. The first-order valence-electron chi connectivity index (χ1n) is 2.34. The van der Waals surface area contributed by atoms with E-state index < -0.39 is 9.95 Å². The maximum Gasteiger partial charge on any atom is 0.209 e. The highest BCUT2D eigenvalue weighted by molar-refractivity contribution is 5.58. The summed E-state index contributed by atoms with van der Waals surface area (Å²) in [6.45, 7) is -0.207. The van der Waals surface area contributed by atoms with Crippen molar-refractivity contribution in [2.24, 2.45) is 5.16 Å². The highest BCUT2D eigenvalue weighted by Crippen LogP contribution is 2.04. The van der Waals surface area contributed by atoms with Crippen LogP contribution in [-0.4, -0.2) is 22.7 Å². The predicted molar refractivity (Wildman–Crippen MR) is 28.2 cm³/mol. The highest BCUT2D eigenvalue weighted by atomic mass is 17.0. The molecule has 1 atom stereocenters. The zero-order chi connectivity index (χ0) is 7.61. The van der Waals surface area contributed by atoms with Crippen LogP contribution in [0.15, 0.2) is 5.16 Å². The van der Waals surface area contributed by atoms with Crippen LogP contribution in [0, 0.1) is 15.3 Å². The third-order valence-corrected chi connectivity index (χ3v) is 0.810. The summed E-state index contributed by atoms with van der Waals surface area (Å²) < 4.78 is 0. The number of quaternary nitrogens is 1. The monoisotopic (exact) mass is 148 g/mol. The number of oxime groups is 1. The van der Waals surface area contributed by atoms with Gasteiger partial charge in [-0.3, -0.25) is 0 Å². The average molecular weight is 148 g/mol. The molecule has 1 aliphatic heterocycles. The summed E-state index contributed by atoms with van der Waals surface area (Å²) in [5.74, 6) is 0. The number of hydrogen-bond acceptors (Lipinski definition) is 5. The number of hydroxylamine groups is 2. The van der Waals surface area contributed by atoms with E-state index in [1.807, 2.05) is 0 Å². The van der Waals surface area contributed by atoms with Crippen molar-refractivity contribution >= 4 is 6.21 Å². The summed E-state index contributed by atoms with van der Waals surface area (Å²) in [5, 5.41) is 22.5. The summed E-state index contributed by atoms with van der Waals surface area (Å²) in [6.07, 6.45) is 1.14. The molecule has 0 saturated heterocycles. The van der Waals surface area contributed by atoms with Gasteiger partial charge in [-0.25, -0.2) is 10.1 Å². The summed E-state index contributed by atoms with van der Waals surface area (Å²) in [4.78, 5) is 12.2. The molecule has 8 nitrogen and oxygen atoms in total. The van der Waals surface area contributed by atoms with Gasteiger partial charge in [-0.1, -0.05) is 0 Å². The van der Waals surface area contributed by atoms with E-state index in [0.717, 1.165) is 6.21 Å². The molecule has 0 aromatic heterocycles. The van der Waals surface area contributed by atoms with Gasteiger partial charge in [-0.15, -0.1) is 0 Å². The Labute approximate surface area is 54.9 Å². The van der Waals surface area contributed by atoms with Crippen molar-refractivity contribution in [1.82, 2.24) is 5.53 Å². The van der Waals surface area contributed by atoms with Crippen LogP contribution >= 0.6 is 0 Å². The predicted octanol–water partition coefficient (Wildman–Crippen LogP) is -1.07. The first kappa shape index (κ1) is 6.71. The van der Waals surface area contributed by atoms with E-state index in [4.69, 9.17) is 0 Å². The van der Waals surface area contributed by atoms with Crippen LogP contribution in [0.1, 0.15) is 0 Å². The fourth-order valence-electron chi connectivity index (χ4n) is 0.467. The zero-order valence-electron chi connectivity index (χ0n) is 4.76. The molecule has 1 N–H and O–H groups in total. The molecule has 56 valence electrons. The lowest BCUT2D eigenvalue weighted by Gasteiger charge is -2.23. The van der Waals surface area contributed by atoms with Gasteiger partial charge in [0.15, 0.2) is 6.54 Å². The Morgan fingerprint density at radius 1 is 1.90 bits per heavy atom. The molecule has 0 aromatic carbocycles.